The van der Waals surface area contributed by atoms with E-state index in [2.05, 4.69) is 9.64 Å². The van der Waals surface area contributed by atoms with Gasteiger partial charge in [0.25, 0.3) is 0 Å². The lowest BCUT2D eigenvalue weighted by Crippen LogP contribution is -2.38. The van der Waals surface area contributed by atoms with E-state index in [9.17, 15) is 13.6 Å². The Morgan fingerprint density at radius 1 is 1.41 bits per heavy atom. The molecule has 0 aliphatic carbocycles. The average molecular weight is 315 g/mol. The molecule has 0 saturated carbocycles. The van der Waals surface area contributed by atoms with Crippen LogP contribution in [0, 0.1) is 0 Å². The number of ether oxygens (including phenoxy) is 2. The summed E-state index contributed by atoms with van der Waals surface area (Å²) in [6.45, 7) is -0.134. The summed E-state index contributed by atoms with van der Waals surface area (Å²) in [5.74, 6) is -0.674. The maximum Gasteiger partial charge on any atom is 0.387 e. The van der Waals surface area contributed by atoms with Gasteiger partial charge in [-0.05, 0) is 30.7 Å². The van der Waals surface area contributed by atoms with Crippen LogP contribution in [-0.4, -0.2) is 48.8 Å². The van der Waals surface area contributed by atoms with Crippen LogP contribution < -0.4 is 4.74 Å². The van der Waals surface area contributed by atoms with Crippen LogP contribution in [0.15, 0.2) is 24.3 Å². The van der Waals surface area contributed by atoms with E-state index in [4.69, 9.17) is 9.84 Å². The summed E-state index contributed by atoms with van der Waals surface area (Å²) in [7, 11) is 0. The standard InChI is InChI=1S/C15H19F2NO4/c16-15(17)22-12-5-3-11(4-6-12)13-10-18(8-9-21-13)7-1-2-14(19)20/h3-6,13,15H,1-2,7-10H2,(H,19,20). The molecule has 0 spiro atoms. The summed E-state index contributed by atoms with van der Waals surface area (Å²) in [6, 6.07) is 6.41. The van der Waals surface area contributed by atoms with Gasteiger partial charge in [0.1, 0.15) is 5.75 Å². The van der Waals surface area contributed by atoms with Gasteiger partial charge in [-0.3, -0.25) is 9.69 Å². The lowest BCUT2D eigenvalue weighted by molar-refractivity contribution is -0.137. The molecule has 1 unspecified atom stereocenters. The van der Waals surface area contributed by atoms with Gasteiger partial charge in [-0.15, -0.1) is 0 Å². The highest BCUT2D eigenvalue weighted by molar-refractivity contribution is 5.66. The van der Waals surface area contributed by atoms with Crippen molar-refractivity contribution in [3.05, 3.63) is 29.8 Å². The zero-order valence-corrected chi connectivity index (χ0v) is 12.1. The van der Waals surface area contributed by atoms with E-state index in [1.807, 2.05) is 0 Å². The van der Waals surface area contributed by atoms with Gasteiger partial charge in [-0.2, -0.15) is 8.78 Å². The second-order valence-electron chi connectivity index (χ2n) is 5.10. The first-order valence-electron chi connectivity index (χ1n) is 7.15. The van der Waals surface area contributed by atoms with E-state index in [1.165, 1.54) is 12.1 Å². The minimum atomic E-state index is -2.83. The fourth-order valence-corrected chi connectivity index (χ4v) is 2.43. The number of benzene rings is 1. The van der Waals surface area contributed by atoms with Crippen LogP contribution in [0.2, 0.25) is 0 Å². The van der Waals surface area contributed by atoms with Gasteiger partial charge in [0.15, 0.2) is 0 Å². The van der Waals surface area contributed by atoms with Gasteiger partial charge in [0.05, 0.1) is 12.7 Å². The van der Waals surface area contributed by atoms with Gasteiger partial charge in [0.2, 0.25) is 0 Å². The van der Waals surface area contributed by atoms with Gasteiger partial charge < -0.3 is 14.6 Å². The van der Waals surface area contributed by atoms with E-state index >= 15 is 0 Å². The Bertz CT molecular complexity index is 481. The molecule has 1 heterocycles. The van der Waals surface area contributed by atoms with Crippen molar-refractivity contribution in [1.82, 2.24) is 4.90 Å². The molecular formula is C15H19F2NO4. The van der Waals surface area contributed by atoms with E-state index in [-0.39, 0.29) is 18.3 Å². The summed E-state index contributed by atoms with van der Waals surface area (Å²) in [5.41, 5.74) is 0.893. The quantitative estimate of drug-likeness (QED) is 0.838. The molecule has 1 saturated heterocycles. The number of rotatable bonds is 7. The highest BCUT2D eigenvalue weighted by Crippen LogP contribution is 2.25. The summed E-state index contributed by atoms with van der Waals surface area (Å²) < 4.78 is 34.2. The van der Waals surface area contributed by atoms with Crippen molar-refractivity contribution in [2.45, 2.75) is 25.6 Å². The lowest BCUT2D eigenvalue weighted by Gasteiger charge is -2.33. The van der Waals surface area contributed by atoms with Crippen LogP contribution in [0.3, 0.4) is 0 Å². The van der Waals surface area contributed by atoms with Crippen molar-refractivity contribution in [3.63, 3.8) is 0 Å². The zero-order valence-electron chi connectivity index (χ0n) is 12.1. The zero-order chi connectivity index (χ0) is 15.9. The molecule has 0 bridgehead atoms. The minimum Gasteiger partial charge on any atom is -0.481 e. The van der Waals surface area contributed by atoms with Crippen LogP contribution in [0.4, 0.5) is 8.78 Å². The third-order valence-corrected chi connectivity index (χ3v) is 3.49. The van der Waals surface area contributed by atoms with Crippen molar-refractivity contribution in [1.29, 1.82) is 0 Å². The largest absolute Gasteiger partial charge is 0.481 e. The molecular weight excluding hydrogens is 296 g/mol. The molecule has 5 nitrogen and oxygen atoms in total. The van der Waals surface area contributed by atoms with E-state index in [0.717, 1.165) is 12.1 Å². The fraction of sp³-hybridized carbons (Fsp3) is 0.533. The molecule has 122 valence electrons. The van der Waals surface area contributed by atoms with Crippen molar-refractivity contribution in [2.24, 2.45) is 0 Å². The number of carboxylic acid groups (broad SMARTS) is 1. The number of carbonyl (C=O) groups is 1. The van der Waals surface area contributed by atoms with Crippen molar-refractivity contribution in [2.75, 3.05) is 26.2 Å². The van der Waals surface area contributed by atoms with Crippen molar-refractivity contribution in [3.8, 4) is 5.75 Å². The summed E-state index contributed by atoms with van der Waals surface area (Å²) in [6.07, 6.45) is 0.615. The smallest absolute Gasteiger partial charge is 0.387 e. The number of carboxylic acids is 1. The topological polar surface area (TPSA) is 59.0 Å². The second-order valence-corrected chi connectivity index (χ2v) is 5.10. The first-order chi connectivity index (χ1) is 10.5. The maximum absolute atomic E-state index is 12.1. The predicted molar refractivity (Wildman–Crippen MR) is 75.1 cm³/mol. The number of hydrogen-bond donors (Lipinski definition) is 1. The third kappa shape index (κ3) is 5.23. The first-order valence-corrected chi connectivity index (χ1v) is 7.15. The third-order valence-electron chi connectivity index (χ3n) is 3.49. The van der Waals surface area contributed by atoms with E-state index < -0.39 is 12.6 Å². The molecule has 0 aromatic heterocycles. The Morgan fingerprint density at radius 3 is 2.77 bits per heavy atom. The molecule has 22 heavy (non-hydrogen) atoms. The monoisotopic (exact) mass is 315 g/mol. The SMILES string of the molecule is O=C(O)CCCN1CCOC(c2ccc(OC(F)F)cc2)C1. The molecule has 0 radical (unpaired) electrons. The Kier molecular flexibility index (Phi) is 6.09. The molecule has 1 atom stereocenters. The number of aliphatic carboxylic acids is 1. The minimum absolute atomic E-state index is 0.118. The van der Waals surface area contributed by atoms with Crippen molar-refractivity contribution < 1.29 is 28.2 Å². The van der Waals surface area contributed by atoms with Gasteiger partial charge in [0, 0.05) is 19.5 Å². The van der Waals surface area contributed by atoms with Crippen LogP contribution in [0.25, 0.3) is 0 Å². The molecule has 1 aliphatic heterocycles. The van der Waals surface area contributed by atoms with Crippen molar-refractivity contribution >= 4 is 5.97 Å². The van der Waals surface area contributed by atoms with Gasteiger partial charge in [-0.1, -0.05) is 12.1 Å². The van der Waals surface area contributed by atoms with Gasteiger partial charge >= 0.3 is 12.6 Å². The normalized spacial score (nSPS) is 19.3. The molecule has 1 aromatic carbocycles. The number of alkyl halides is 2. The van der Waals surface area contributed by atoms with Crippen LogP contribution in [0.1, 0.15) is 24.5 Å². The van der Waals surface area contributed by atoms with E-state index in [0.29, 0.717) is 26.1 Å². The number of morpholine rings is 1. The molecule has 0 amide bonds. The van der Waals surface area contributed by atoms with Gasteiger partial charge in [-0.25, -0.2) is 0 Å². The molecule has 1 aliphatic rings. The lowest BCUT2D eigenvalue weighted by atomic mass is 10.1. The molecule has 1 N–H and O–H groups in total. The Hall–Kier alpha value is -1.73. The van der Waals surface area contributed by atoms with Crippen LogP contribution >= 0.6 is 0 Å². The first kappa shape index (κ1) is 16.6. The maximum atomic E-state index is 12.1. The van der Waals surface area contributed by atoms with Crippen LogP contribution in [-0.2, 0) is 9.53 Å². The predicted octanol–water partition coefficient (Wildman–Crippen LogP) is 2.53. The summed E-state index contributed by atoms with van der Waals surface area (Å²) in [5, 5.41) is 8.65. The summed E-state index contributed by atoms with van der Waals surface area (Å²) in [4.78, 5) is 12.7. The van der Waals surface area contributed by atoms with Crippen LogP contribution in [0.5, 0.6) is 5.75 Å². The number of nitrogens with zero attached hydrogens (tertiary/aromatic N) is 1. The Labute approximate surface area is 127 Å². The Morgan fingerprint density at radius 2 is 2.14 bits per heavy atom. The molecule has 1 fully saturated rings. The highest BCUT2D eigenvalue weighted by Gasteiger charge is 2.22. The molecule has 1 aromatic rings. The van der Waals surface area contributed by atoms with E-state index in [1.54, 1.807) is 12.1 Å². The number of hydrogen-bond acceptors (Lipinski definition) is 4. The molecule has 2 rings (SSSR count). The number of halogens is 2. The summed E-state index contributed by atoms with van der Waals surface area (Å²) >= 11 is 0. The fourth-order valence-electron chi connectivity index (χ4n) is 2.43. The second kappa shape index (κ2) is 8.05. The highest BCUT2D eigenvalue weighted by atomic mass is 19.3. The average Bonchev–Trinajstić information content (AvgIpc) is 2.47. The molecule has 7 heteroatoms. The Balaban J connectivity index is 1.87.